The fourth-order valence-electron chi connectivity index (χ4n) is 1.83. The Kier molecular flexibility index (Phi) is 4.90. The topological polar surface area (TPSA) is 54.9 Å². The van der Waals surface area contributed by atoms with Crippen LogP contribution in [0.3, 0.4) is 0 Å². The minimum Gasteiger partial charge on any atom is -0.350 e. The number of benzene rings is 1. The molecule has 0 fully saturated rings. The minimum atomic E-state index is -0.415. The number of nitrogens with one attached hydrogen (secondary N) is 1. The van der Waals surface area contributed by atoms with Crippen molar-refractivity contribution in [1.29, 1.82) is 0 Å². The van der Waals surface area contributed by atoms with Crippen molar-refractivity contribution in [1.82, 2.24) is 15.3 Å². The fourth-order valence-corrected chi connectivity index (χ4v) is 2.17. The summed E-state index contributed by atoms with van der Waals surface area (Å²) < 4.78 is 14.0. The van der Waals surface area contributed by atoms with Crippen molar-refractivity contribution >= 4 is 17.7 Å². The Morgan fingerprint density at radius 3 is 2.67 bits per heavy atom. The van der Waals surface area contributed by atoms with Gasteiger partial charge in [0.2, 0.25) is 0 Å². The van der Waals surface area contributed by atoms with Gasteiger partial charge in [0.25, 0.3) is 5.91 Å². The zero-order valence-electron chi connectivity index (χ0n) is 12.1. The number of carbonyl (C=O) groups excluding carboxylic acids is 1. The van der Waals surface area contributed by atoms with Gasteiger partial charge in [-0.1, -0.05) is 23.9 Å². The molecule has 1 aromatic carbocycles. The molecule has 2 rings (SSSR count). The van der Waals surface area contributed by atoms with Crippen LogP contribution in [0.15, 0.2) is 35.6 Å². The third-order valence-corrected chi connectivity index (χ3v) is 3.30. The number of rotatable bonds is 4. The van der Waals surface area contributed by atoms with Crippen molar-refractivity contribution in [2.24, 2.45) is 0 Å². The third-order valence-electron chi connectivity index (χ3n) is 2.74. The molecule has 0 atom stereocenters. The molecule has 0 aliphatic carbocycles. The highest BCUT2D eigenvalue weighted by Crippen LogP contribution is 2.25. The van der Waals surface area contributed by atoms with Gasteiger partial charge in [0.15, 0.2) is 5.16 Å². The van der Waals surface area contributed by atoms with Crippen LogP contribution in [0.1, 0.15) is 24.2 Å². The van der Waals surface area contributed by atoms with E-state index in [1.165, 1.54) is 24.0 Å². The Hall–Kier alpha value is -1.95. The first kappa shape index (κ1) is 15.4. The maximum atomic E-state index is 14.0. The van der Waals surface area contributed by atoms with Gasteiger partial charge in [-0.15, -0.1) is 0 Å². The van der Waals surface area contributed by atoms with Gasteiger partial charge in [0.1, 0.15) is 5.82 Å². The lowest BCUT2D eigenvalue weighted by Crippen LogP contribution is -2.30. The summed E-state index contributed by atoms with van der Waals surface area (Å²) >= 11 is 1.34. The van der Waals surface area contributed by atoms with Crippen LogP contribution < -0.4 is 5.32 Å². The van der Waals surface area contributed by atoms with E-state index in [0.717, 1.165) is 0 Å². The van der Waals surface area contributed by atoms with E-state index in [0.29, 0.717) is 16.4 Å². The Balaban J connectivity index is 2.56. The van der Waals surface area contributed by atoms with Gasteiger partial charge in [-0.25, -0.2) is 14.4 Å². The van der Waals surface area contributed by atoms with Crippen molar-refractivity contribution in [3.8, 4) is 11.3 Å². The van der Waals surface area contributed by atoms with Crippen LogP contribution in [0.25, 0.3) is 11.3 Å². The van der Waals surface area contributed by atoms with Crippen LogP contribution in [-0.2, 0) is 0 Å². The van der Waals surface area contributed by atoms with Crippen LogP contribution in [0.5, 0.6) is 0 Å². The molecular formula is C15H16FN3OS. The molecule has 0 aliphatic rings. The predicted molar refractivity (Wildman–Crippen MR) is 81.8 cm³/mol. The Bertz CT molecular complexity index is 661. The highest BCUT2D eigenvalue weighted by Gasteiger charge is 2.18. The van der Waals surface area contributed by atoms with Crippen molar-refractivity contribution in [3.63, 3.8) is 0 Å². The quantitative estimate of drug-likeness (QED) is 0.696. The molecule has 1 amide bonds. The Labute approximate surface area is 127 Å². The number of hydrogen-bond acceptors (Lipinski definition) is 4. The summed E-state index contributed by atoms with van der Waals surface area (Å²) in [6.45, 7) is 3.72. The lowest BCUT2D eigenvalue weighted by molar-refractivity contribution is 0.0943. The van der Waals surface area contributed by atoms with E-state index in [9.17, 15) is 9.18 Å². The van der Waals surface area contributed by atoms with Crippen LogP contribution in [0, 0.1) is 5.82 Å². The largest absolute Gasteiger partial charge is 0.350 e. The lowest BCUT2D eigenvalue weighted by atomic mass is 10.1. The molecule has 1 aromatic heterocycles. The summed E-state index contributed by atoms with van der Waals surface area (Å²) in [5.41, 5.74) is 0.876. The molecule has 0 saturated carbocycles. The monoisotopic (exact) mass is 305 g/mol. The molecule has 0 radical (unpaired) electrons. The van der Waals surface area contributed by atoms with E-state index in [2.05, 4.69) is 15.3 Å². The summed E-state index contributed by atoms with van der Waals surface area (Å²) in [4.78, 5) is 20.7. The van der Waals surface area contributed by atoms with E-state index < -0.39 is 5.82 Å². The summed E-state index contributed by atoms with van der Waals surface area (Å²) in [6.07, 6.45) is 3.27. The highest BCUT2D eigenvalue weighted by molar-refractivity contribution is 7.98. The predicted octanol–water partition coefficient (Wildman–Crippen LogP) is 3.14. The molecule has 21 heavy (non-hydrogen) atoms. The standard InChI is InChI=1S/C15H16FN3OS/c1-9(2)18-14(20)11-8-17-15(21-3)19-13(11)10-6-4-5-7-12(10)16/h4-9H,1-3H3,(H,18,20). The first-order chi connectivity index (χ1) is 10.0. The Morgan fingerprint density at radius 1 is 1.33 bits per heavy atom. The smallest absolute Gasteiger partial charge is 0.255 e. The van der Waals surface area contributed by atoms with Gasteiger partial charge in [0.05, 0.1) is 11.3 Å². The highest BCUT2D eigenvalue weighted by atomic mass is 32.2. The summed E-state index contributed by atoms with van der Waals surface area (Å²) in [7, 11) is 0. The zero-order valence-corrected chi connectivity index (χ0v) is 12.9. The summed E-state index contributed by atoms with van der Waals surface area (Å²) in [5.74, 6) is -0.724. The number of thioether (sulfide) groups is 1. The number of hydrogen-bond donors (Lipinski definition) is 1. The third kappa shape index (κ3) is 3.58. The second-order valence-electron chi connectivity index (χ2n) is 4.73. The first-order valence-corrected chi connectivity index (χ1v) is 7.72. The van der Waals surface area contributed by atoms with E-state index in [1.54, 1.807) is 18.2 Å². The molecule has 110 valence electrons. The van der Waals surface area contributed by atoms with Crippen LogP contribution in [0.4, 0.5) is 4.39 Å². The van der Waals surface area contributed by atoms with Crippen molar-refractivity contribution in [2.45, 2.75) is 25.0 Å². The number of aromatic nitrogens is 2. The minimum absolute atomic E-state index is 0.0220. The van der Waals surface area contributed by atoms with E-state index in [1.807, 2.05) is 20.1 Å². The Morgan fingerprint density at radius 2 is 2.05 bits per heavy atom. The average molecular weight is 305 g/mol. The fraction of sp³-hybridized carbons (Fsp3) is 0.267. The molecule has 0 aliphatic heterocycles. The molecule has 1 heterocycles. The SMILES string of the molecule is CSc1ncc(C(=O)NC(C)C)c(-c2ccccc2F)n1. The molecule has 6 heteroatoms. The molecule has 0 bridgehead atoms. The molecule has 0 unspecified atom stereocenters. The van der Waals surface area contributed by atoms with Crippen LogP contribution in [-0.4, -0.2) is 28.2 Å². The van der Waals surface area contributed by atoms with E-state index >= 15 is 0 Å². The summed E-state index contributed by atoms with van der Waals surface area (Å²) in [6, 6.07) is 6.24. The molecule has 0 saturated heterocycles. The van der Waals surface area contributed by atoms with Crippen LogP contribution >= 0.6 is 11.8 Å². The molecule has 1 N–H and O–H groups in total. The first-order valence-electron chi connectivity index (χ1n) is 6.49. The zero-order chi connectivity index (χ0) is 15.4. The second kappa shape index (κ2) is 6.67. The number of halogens is 1. The number of nitrogens with zero attached hydrogens (tertiary/aromatic N) is 2. The van der Waals surface area contributed by atoms with Gasteiger partial charge >= 0.3 is 0 Å². The molecule has 2 aromatic rings. The van der Waals surface area contributed by atoms with Crippen LogP contribution in [0.2, 0.25) is 0 Å². The summed E-state index contributed by atoms with van der Waals surface area (Å²) in [5, 5.41) is 3.27. The molecule has 0 spiro atoms. The van der Waals surface area contributed by atoms with E-state index in [4.69, 9.17) is 0 Å². The normalized spacial score (nSPS) is 10.7. The average Bonchev–Trinajstić information content (AvgIpc) is 2.46. The number of carbonyl (C=O) groups is 1. The van der Waals surface area contributed by atoms with Crippen molar-refractivity contribution in [2.75, 3.05) is 6.26 Å². The van der Waals surface area contributed by atoms with Gasteiger partial charge in [0, 0.05) is 17.8 Å². The van der Waals surface area contributed by atoms with Gasteiger partial charge in [-0.3, -0.25) is 4.79 Å². The maximum absolute atomic E-state index is 14.0. The molecular weight excluding hydrogens is 289 g/mol. The van der Waals surface area contributed by atoms with Gasteiger partial charge in [-0.05, 0) is 32.2 Å². The van der Waals surface area contributed by atoms with E-state index in [-0.39, 0.29) is 17.5 Å². The maximum Gasteiger partial charge on any atom is 0.255 e. The molecule has 4 nitrogen and oxygen atoms in total. The van der Waals surface area contributed by atoms with Crippen molar-refractivity contribution in [3.05, 3.63) is 41.8 Å². The second-order valence-corrected chi connectivity index (χ2v) is 5.50. The number of amides is 1. The van der Waals surface area contributed by atoms with Gasteiger partial charge in [-0.2, -0.15) is 0 Å². The van der Waals surface area contributed by atoms with Crippen molar-refractivity contribution < 1.29 is 9.18 Å². The lowest BCUT2D eigenvalue weighted by Gasteiger charge is -2.12. The van der Waals surface area contributed by atoms with Gasteiger partial charge < -0.3 is 5.32 Å².